The van der Waals surface area contributed by atoms with E-state index in [1.807, 2.05) is 17.7 Å². The highest BCUT2D eigenvalue weighted by molar-refractivity contribution is 5.91. The van der Waals surface area contributed by atoms with Crippen LogP contribution >= 0.6 is 0 Å². The van der Waals surface area contributed by atoms with Crippen molar-refractivity contribution >= 4 is 22.8 Å². The third-order valence-corrected chi connectivity index (χ3v) is 8.38. The molecule has 2 aromatic carbocycles. The number of anilines is 1. The van der Waals surface area contributed by atoms with Crippen LogP contribution in [0.5, 0.6) is 0 Å². The first-order valence-corrected chi connectivity index (χ1v) is 14.6. The molecule has 1 aliphatic heterocycles. The van der Waals surface area contributed by atoms with Gasteiger partial charge in [-0.05, 0) is 61.9 Å². The SMILES string of the molecule is CCC[C@@H](C)c1nc(N2CCCN(C(=O)[C@@H]3C[C@H]3c3ccccc3)CC2)c2c(C)nn(-c3ccc(F)cc3)c2n1. The first-order valence-electron chi connectivity index (χ1n) is 14.6. The molecule has 2 aliphatic rings. The summed E-state index contributed by atoms with van der Waals surface area (Å²) in [6.45, 7) is 9.28. The summed E-state index contributed by atoms with van der Waals surface area (Å²) < 4.78 is 15.5. The van der Waals surface area contributed by atoms with Gasteiger partial charge in [0.05, 0.1) is 16.8 Å². The van der Waals surface area contributed by atoms with Gasteiger partial charge in [0.15, 0.2) is 5.65 Å². The molecule has 0 bridgehead atoms. The number of halogens is 1. The summed E-state index contributed by atoms with van der Waals surface area (Å²) in [7, 11) is 0. The van der Waals surface area contributed by atoms with Crippen LogP contribution in [0.4, 0.5) is 10.2 Å². The van der Waals surface area contributed by atoms with Crippen molar-refractivity contribution in [2.75, 3.05) is 31.1 Å². The molecule has 7 nitrogen and oxygen atoms in total. The van der Waals surface area contributed by atoms with E-state index in [-0.39, 0.29) is 23.6 Å². The molecular formula is C32H37FN6O. The predicted molar refractivity (Wildman–Crippen MR) is 155 cm³/mol. The molecule has 3 atom stereocenters. The number of carbonyl (C=O) groups excluding carboxylic acids is 1. The first-order chi connectivity index (χ1) is 19.4. The molecule has 0 N–H and O–H groups in total. The molecule has 1 aliphatic carbocycles. The standard InChI is InChI=1S/C32H37FN6O/c1-4-9-21(2)29-34-30(28-22(3)36-39(31(28)35-29)25-14-12-24(33)13-15-25)37-16-8-17-38(19-18-37)32(40)27-20-26(27)23-10-6-5-7-11-23/h5-7,10-15,21,26-27H,4,8-9,16-20H2,1-3H3/t21-,26+,27-/m1/s1. The molecule has 1 amide bonds. The number of carbonyl (C=O) groups is 1. The minimum Gasteiger partial charge on any atom is -0.354 e. The van der Waals surface area contributed by atoms with Gasteiger partial charge in [-0.2, -0.15) is 5.10 Å². The van der Waals surface area contributed by atoms with Gasteiger partial charge in [-0.3, -0.25) is 4.79 Å². The maximum absolute atomic E-state index is 13.7. The van der Waals surface area contributed by atoms with Gasteiger partial charge in [0.25, 0.3) is 0 Å². The molecule has 1 saturated heterocycles. The lowest BCUT2D eigenvalue weighted by molar-refractivity contribution is -0.132. The summed E-state index contributed by atoms with van der Waals surface area (Å²) in [5.74, 6) is 2.31. The van der Waals surface area contributed by atoms with Crippen molar-refractivity contribution in [2.45, 2.75) is 58.3 Å². The Morgan fingerprint density at radius 3 is 2.55 bits per heavy atom. The van der Waals surface area contributed by atoms with Crippen LogP contribution in [0.1, 0.15) is 68.4 Å². The van der Waals surface area contributed by atoms with E-state index in [4.69, 9.17) is 15.1 Å². The van der Waals surface area contributed by atoms with Crippen LogP contribution in [0.15, 0.2) is 54.6 Å². The van der Waals surface area contributed by atoms with Crippen molar-refractivity contribution < 1.29 is 9.18 Å². The smallest absolute Gasteiger partial charge is 0.226 e. The average molecular weight is 541 g/mol. The number of benzene rings is 2. The Morgan fingerprint density at radius 1 is 1.02 bits per heavy atom. The first kappa shape index (κ1) is 26.4. The predicted octanol–water partition coefficient (Wildman–Crippen LogP) is 6.01. The second-order valence-corrected chi connectivity index (χ2v) is 11.3. The topological polar surface area (TPSA) is 67.2 Å². The Kier molecular flexibility index (Phi) is 7.26. The number of aromatic nitrogens is 4. The number of amides is 1. The maximum atomic E-state index is 13.7. The fraction of sp³-hybridized carbons (Fsp3) is 0.438. The van der Waals surface area contributed by atoms with Crippen LogP contribution in [-0.4, -0.2) is 56.7 Å². The van der Waals surface area contributed by atoms with Crippen LogP contribution in [0.2, 0.25) is 0 Å². The highest BCUT2D eigenvalue weighted by Crippen LogP contribution is 2.48. The Balaban J connectivity index is 1.29. The molecule has 3 heterocycles. The summed E-state index contributed by atoms with van der Waals surface area (Å²) >= 11 is 0. The third-order valence-electron chi connectivity index (χ3n) is 8.38. The molecule has 0 unspecified atom stereocenters. The molecule has 208 valence electrons. The normalized spacial score (nSPS) is 20.0. The molecule has 40 heavy (non-hydrogen) atoms. The van der Waals surface area contributed by atoms with Gasteiger partial charge in [-0.15, -0.1) is 0 Å². The van der Waals surface area contributed by atoms with Crippen LogP contribution in [0.3, 0.4) is 0 Å². The van der Waals surface area contributed by atoms with Crippen molar-refractivity contribution in [3.8, 4) is 5.69 Å². The van der Waals surface area contributed by atoms with E-state index < -0.39 is 0 Å². The Bertz CT molecular complexity index is 1500. The fourth-order valence-electron chi connectivity index (χ4n) is 6.07. The van der Waals surface area contributed by atoms with Gasteiger partial charge in [-0.1, -0.05) is 50.6 Å². The van der Waals surface area contributed by atoms with E-state index >= 15 is 0 Å². The van der Waals surface area contributed by atoms with Crippen LogP contribution < -0.4 is 4.90 Å². The van der Waals surface area contributed by atoms with E-state index in [1.54, 1.807) is 12.1 Å². The van der Waals surface area contributed by atoms with Gasteiger partial charge in [-0.25, -0.2) is 19.0 Å². The number of rotatable bonds is 7. The second kappa shape index (κ2) is 11.0. The summed E-state index contributed by atoms with van der Waals surface area (Å²) in [5.41, 5.74) is 3.61. The van der Waals surface area contributed by atoms with Gasteiger partial charge in [0.2, 0.25) is 5.91 Å². The molecule has 8 heteroatoms. The van der Waals surface area contributed by atoms with Crippen LogP contribution in [0.25, 0.3) is 16.7 Å². The molecule has 0 spiro atoms. The van der Waals surface area contributed by atoms with Gasteiger partial charge in [0.1, 0.15) is 17.5 Å². The molecule has 2 aromatic heterocycles. The van der Waals surface area contributed by atoms with Crippen molar-refractivity contribution in [3.05, 3.63) is 77.5 Å². The summed E-state index contributed by atoms with van der Waals surface area (Å²) in [6.07, 6.45) is 3.85. The van der Waals surface area contributed by atoms with Gasteiger partial charge in [0, 0.05) is 38.0 Å². The second-order valence-electron chi connectivity index (χ2n) is 11.3. The largest absolute Gasteiger partial charge is 0.354 e. The zero-order valence-corrected chi connectivity index (χ0v) is 23.6. The minimum absolute atomic E-state index is 0.0948. The summed E-state index contributed by atoms with van der Waals surface area (Å²) in [5, 5.41) is 5.75. The van der Waals surface area contributed by atoms with E-state index in [0.29, 0.717) is 19.0 Å². The van der Waals surface area contributed by atoms with E-state index in [9.17, 15) is 9.18 Å². The minimum atomic E-state index is -0.283. The van der Waals surface area contributed by atoms with Crippen LogP contribution in [0, 0.1) is 18.7 Å². The zero-order chi connectivity index (χ0) is 27.8. The van der Waals surface area contributed by atoms with Gasteiger partial charge >= 0.3 is 0 Å². The van der Waals surface area contributed by atoms with Crippen molar-refractivity contribution in [1.82, 2.24) is 24.6 Å². The Morgan fingerprint density at radius 2 is 1.80 bits per heavy atom. The number of nitrogens with zero attached hydrogens (tertiary/aromatic N) is 6. The molecule has 2 fully saturated rings. The maximum Gasteiger partial charge on any atom is 0.226 e. The van der Waals surface area contributed by atoms with Gasteiger partial charge < -0.3 is 9.80 Å². The lowest BCUT2D eigenvalue weighted by atomic mass is 10.1. The van der Waals surface area contributed by atoms with E-state index in [2.05, 4.69) is 47.9 Å². The lowest BCUT2D eigenvalue weighted by Gasteiger charge is -2.24. The summed E-state index contributed by atoms with van der Waals surface area (Å²) in [4.78, 5) is 28.0. The third kappa shape index (κ3) is 5.07. The number of hydrogen-bond acceptors (Lipinski definition) is 5. The highest BCUT2D eigenvalue weighted by atomic mass is 19.1. The van der Waals surface area contributed by atoms with Crippen molar-refractivity contribution in [3.63, 3.8) is 0 Å². The van der Waals surface area contributed by atoms with Crippen molar-refractivity contribution in [1.29, 1.82) is 0 Å². The highest BCUT2D eigenvalue weighted by Gasteiger charge is 2.45. The van der Waals surface area contributed by atoms with Crippen molar-refractivity contribution in [2.24, 2.45) is 5.92 Å². The Hall–Kier alpha value is -3.81. The Labute approximate surface area is 235 Å². The quantitative estimate of drug-likeness (QED) is 0.287. The van der Waals surface area contributed by atoms with E-state index in [0.717, 1.165) is 72.8 Å². The summed E-state index contributed by atoms with van der Waals surface area (Å²) in [6, 6.07) is 16.8. The average Bonchev–Trinajstić information content (AvgIpc) is 3.75. The number of fused-ring (bicyclic) bond motifs is 1. The molecular weight excluding hydrogens is 503 g/mol. The molecule has 4 aromatic rings. The number of aryl methyl sites for hydroxylation is 1. The zero-order valence-electron chi connectivity index (χ0n) is 23.6. The van der Waals surface area contributed by atoms with Crippen LogP contribution in [-0.2, 0) is 4.79 Å². The molecule has 1 saturated carbocycles. The number of hydrogen-bond donors (Lipinski definition) is 0. The van der Waals surface area contributed by atoms with E-state index in [1.165, 1.54) is 17.7 Å². The lowest BCUT2D eigenvalue weighted by Crippen LogP contribution is -2.36. The molecule has 6 rings (SSSR count). The fourth-order valence-corrected chi connectivity index (χ4v) is 6.07. The monoisotopic (exact) mass is 540 g/mol. The molecule has 0 radical (unpaired) electrons.